The Morgan fingerprint density at radius 3 is 1.84 bits per heavy atom. The Morgan fingerprint density at radius 2 is 1.07 bits per heavy atom. The van der Waals surface area contributed by atoms with E-state index in [1.807, 2.05) is 12.2 Å². The molecule has 0 fully saturated rings. The van der Waals surface area contributed by atoms with Gasteiger partial charge in [-0.2, -0.15) is 0 Å². The van der Waals surface area contributed by atoms with E-state index in [0.29, 0.717) is 0 Å². The molecule has 1 aliphatic heterocycles. The Hall–Kier alpha value is -7.16. The first kappa shape index (κ1) is 33.4. The number of anilines is 3. The van der Waals surface area contributed by atoms with Gasteiger partial charge in [0.1, 0.15) is 11.5 Å². The van der Waals surface area contributed by atoms with Gasteiger partial charge in [0.25, 0.3) is 0 Å². The molecule has 2 aliphatic rings. The lowest BCUT2D eigenvalue weighted by atomic mass is 9.96. The lowest BCUT2D eigenvalue weighted by Gasteiger charge is -2.27. The van der Waals surface area contributed by atoms with E-state index in [9.17, 15) is 0 Å². The SMILES string of the molecule is C=C1/C=C\C=C(\c2ccc(N(c3ccc(-c4ccc(-c5cccc6ccccc56)cc4)cc3)c3ccc4c(ccc5ccccc54)c3)cc2)OC2=C1CCC=C2. The molecule has 0 unspecified atom stereocenters. The summed E-state index contributed by atoms with van der Waals surface area (Å²) in [5.41, 5.74) is 11.3. The van der Waals surface area contributed by atoms with Gasteiger partial charge in [0.2, 0.25) is 0 Å². The van der Waals surface area contributed by atoms with Gasteiger partial charge in [-0.3, -0.25) is 0 Å². The molecule has 8 aromatic carbocycles. The second-order valence-electron chi connectivity index (χ2n) is 14.5. The van der Waals surface area contributed by atoms with E-state index in [1.54, 1.807) is 0 Å². The molecule has 0 N–H and O–H groups in total. The zero-order chi connectivity index (χ0) is 37.4. The Kier molecular flexibility index (Phi) is 8.50. The van der Waals surface area contributed by atoms with Crippen molar-refractivity contribution in [2.75, 3.05) is 4.90 Å². The third-order valence-electron chi connectivity index (χ3n) is 11.1. The van der Waals surface area contributed by atoms with E-state index in [-0.39, 0.29) is 0 Å². The monoisotopic (exact) mass is 717 g/mol. The fraction of sp³-hybridized carbons (Fsp3) is 0.0370. The van der Waals surface area contributed by atoms with Crippen LogP contribution in [-0.4, -0.2) is 0 Å². The van der Waals surface area contributed by atoms with Gasteiger partial charge in [-0.05, 0) is 134 Å². The van der Waals surface area contributed by atoms with Gasteiger partial charge in [0, 0.05) is 28.2 Å². The molecule has 2 heteroatoms. The molecule has 0 aromatic heterocycles. The molecule has 0 amide bonds. The van der Waals surface area contributed by atoms with Gasteiger partial charge in [-0.1, -0.05) is 146 Å². The van der Waals surface area contributed by atoms with Crippen molar-refractivity contribution in [1.82, 2.24) is 0 Å². The molecular formula is C54H39NO. The standard InChI is InChI=1S/C54H39NO/c1-37-10-8-19-53(56-54-18-7-6-14-48(37)54)43-28-32-46(33-29-43)55(47-34-35-52-44(36-47)25-24-41-12-3-5-16-50(41)52)45-30-26-39(27-31-45)38-20-22-42(23-21-38)51-17-9-13-40-11-2-4-15-49(40)51/h2-5,7-13,15-36H,1,6,14H2/b10-8-,53-19-. The Labute approximate surface area is 327 Å². The third-order valence-corrected chi connectivity index (χ3v) is 11.1. The van der Waals surface area contributed by atoms with E-state index in [4.69, 9.17) is 4.74 Å². The summed E-state index contributed by atoms with van der Waals surface area (Å²) in [5, 5.41) is 7.49. The number of hydrogen-bond acceptors (Lipinski definition) is 2. The first-order chi connectivity index (χ1) is 27.7. The average molecular weight is 718 g/mol. The Bertz CT molecular complexity index is 2920. The molecule has 0 spiro atoms. The molecule has 0 atom stereocenters. The molecule has 2 nitrogen and oxygen atoms in total. The molecule has 1 heterocycles. The van der Waals surface area contributed by atoms with Crippen LogP contribution in [-0.2, 0) is 4.74 Å². The molecule has 1 aliphatic carbocycles. The second-order valence-corrected chi connectivity index (χ2v) is 14.5. The van der Waals surface area contributed by atoms with Gasteiger partial charge < -0.3 is 9.64 Å². The van der Waals surface area contributed by atoms with Crippen LogP contribution in [0.4, 0.5) is 17.1 Å². The fourth-order valence-electron chi connectivity index (χ4n) is 8.20. The van der Waals surface area contributed by atoms with Crippen LogP contribution in [0.3, 0.4) is 0 Å². The smallest absolute Gasteiger partial charge is 0.134 e. The van der Waals surface area contributed by atoms with Crippen molar-refractivity contribution in [1.29, 1.82) is 0 Å². The highest BCUT2D eigenvalue weighted by atomic mass is 16.5. The van der Waals surface area contributed by atoms with Crippen LogP contribution < -0.4 is 4.90 Å². The Balaban J connectivity index is 1.01. The quantitative estimate of drug-likeness (QED) is 0.159. The Morgan fingerprint density at radius 1 is 0.482 bits per heavy atom. The highest BCUT2D eigenvalue weighted by molar-refractivity contribution is 6.08. The van der Waals surface area contributed by atoms with Crippen LogP contribution in [0, 0.1) is 0 Å². The number of allylic oxidation sites excluding steroid dienone is 7. The molecular weight excluding hydrogens is 679 g/mol. The summed E-state index contributed by atoms with van der Waals surface area (Å²) in [6.07, 6.45) is 12.4. The molecule has 0 bridgehead atoms. The number of hydrogen-bond donors (Lipinski definition) is 0. The summed E-state index contributed by atoms with van der Waals surface area (Å²) >= 11 is 0. The van der Waals surface area contributed by atoms with Gasteiger partial charge in [-0.15, -0.1) is 0 Å². The normalized spacial score (nSPS) is 15.5. The maximum absolute atomic E-state index is 6.54. The highest BCUT2D eigenvalue weighted by Crippen LogP contribution is 2.40. The number of benzene rings is 8. The number of nitrogens with zero attached hydrogens (tertiary/aromatic N) is 1. The van der Waals surface area contributed by atoms with Crippen LogP contribution in [0.25, 0.3) is 60.3 Å². The van der Waals surface area contributed by atoms with E-state index in [2.05, 4.69) is 200 Å². The van der Waals surface area contributed by atoms with Gasteiger partial charge >= 0.3 is 0 Å². The number of rotatable bonds is 6. The second kappa shape index (κ2) is 14.2. The third kappa shape index (κ3) is 6.22. The van der Waals surface area contributed by atoms with Crippen molar-refractivity contribution in [3.8, 4) is 22.3 Å². The minimum atomic E-state index is 0.819. The largest absolute Gasteiger partial charge is 0.456 e. The minimum absolute atomic E-state index is 0.819. The summed E-state index contributed by atoms with van der Waals surface area (Å²) in [6, 6.07) is 61.5. The first-order valence-corrected chi connectivity index (χ1v) is 19.3. The molecule has 0 radical (unpaired) electrons. The topological polar surface area (TPSA) is 12.5 Å². The molecule has 10 rings (SSSR count). The van der Waals surface area contributed by atoms with Gasteiger partial charge in [0.15, 0.2) is 0 Å². The molecule has 8 aromatic rings. The van der Waals surface area contributed by atoms with Crippen molar-refractivity contribution >= 4 is 55.1 Å². The highest BCUT2D eigenvalue weighted by Gasteiger charge is 2.18. The fourth-order valence-corrected chi connectivity index (χ4v) is 8.20. The summed E-state index contributed by atoms with van der Waals surface area (Å²) < 4.78 is 6.54. The van der Waals surface area contributed by atoms with E-state index in [1.165, 1.54) is 60.1 Å². The zero-order valence-corrected chi connectivity index (χ0v) is 31.0. The van der Waals surface area contributed by atoms with Crippen LogP contribution >= 0.6 is 0 Å². The maximum Gasteiger partial charge on any atom is 0.134 e. The van der Waals surface area contributed by atoms with Gasteiger partial charge in [0.05, 0.1) is 0 Å². The predicted molar refractivity (Wildman–Crippen MR) is 237 cm³/mol. The average Bonchev–Trinajstić information content (AvgIpc) is 3.26. The van der Waals surface area contributed by atoms with Crippen LogP contribution in [0.15, 0.2) is 224 Å². The van der Waals surface area contributed by atoms with Crippen molar-refractivity contribution in [3.63, 3.8) is 0 Å². The summed E-state index contributed by atoms with van der Waals surface area (Å²) in [6.45, 7) is 4.27. The van der Waals surface area contributed by atoms with Crippen molar-refractivity contribution in [2.45, 2.75) is 12.8 Å². The zero-order valence-electron chi connectivity index (χ0n) is 31.0. The van der Waals surface area contributed by atoms with E-state index < -0.39 is 0 Å². The number of fused-ring (bicyclic) bond motifs is 4. The van der Waals surface area contributed by atoms with Crippen molar-refractivity contribution in [2.24, 2.45) is 0 Å². The summed E-state index contributed by atoms with van der Waals surface area (Å²) in [7, 11) is 0. The van der Waals surface area contributed by atoms with E-state index >= 15 is 0 Å². The molecule has 0 saturated carbocycles. The van der Waals surface area contributed by atoms with E-state index in [0.717, 1.165) is 52.6 Å². The summed E-state index contributed by atoms with van der Waals surface area (Å²) in [4.78, 5) is 2.34. The van der Waals surface area contributed by atoms with Gasteiger partial charge in [-0.25, -0.2) is 0 Å². The lowest BCUT2D eigenvalue weighted by molar-refractivity contribution is 0.391. The minimum Gasteiger partial charge on any atom is -0.456 e. The van der Waals surface area contributed by atoms with Crippen molar-refractivity contribution < 1.29 is 4.74 Å². The van der Waals surface area contributed by atoms with Crippen molar-refractivity contribution in [3.05, 3.63) is 229 Å². The van der Waals surface area contributed by atoms with Crippen LogP contribution in [0.1, 0.15) is 18.4 Å². The lowest BCUT2D eigenvalue weighted by Crippen LogP contribution is -2.10. The summed E-state index contributed by atoms with van der Waals surface area (Å²) in [5.74, 6) is 1.70. The number of ether oxygens (including phenoxy) is 1. The van der Waals surface area contributed by atoms with Crippen LogP contribution in [0.5, 0.6) is 0 Å². The predicted octanol–water partition coefficient (Wildman–Crippen LogP) is 15.0. The maximum atomic E-state index is 6.54. The van der Waals surface area contributed by atoms with Crippen LogP contribution in [0.2, 0.25) is 0 Å². The first-order valence-electron chi connectivity index (χ1n) is 19.3. The molecule has 56 heavy (non-hydrogen) atoms. The molecule has 0 saturated heterocycles. The molecule has 266 valence electrons.